The molecule has 0 aliphatic carbocycles. The molecule has 1 N–H and O–H groups in total. The summed E-state index contributed by atoms with van der Waals surface area (Å²) in [7, 11) is -3.99. The minimum atomic E-state index is -5.11. The van der Waals surface area contributed by atoms with Crippen LogP contribution in [0.25, 0.3) is 0 Å². The second-order valence-corrected chi connectivity index (χ2v) is 8.70. The van der Waals surface area contributed by atoms with E-state index in [1.165, 1.54) is 0 Å². The molecule has 2 rings (SSSR count). The molecule has 0 bridgehead atoms. The van der Waals surface area contributed by atoms with Gasteiger partial charge in [-0.2, -0.15) is 30.6 Å². The molecular weight excluding hydrogens is 480 g/mol. The lowest BCUT2D eigenvalue weighted by Gasteiger charge is -2.19. The monoisotopic (exact) mass is 499 g/mol. The number of amides is 1. The molecule has 0 unspecified atom stereocenters. The summed E-state index contributed by atoms with van der Waals surface area (Å²) >= 11 is 0. The van der Waals surface area contributed by atoms with Gasteiger partial charge in [-0.05, 0) is 24.3 Å². The van der Waals surface area contributed by atoms with Crippen LogP contribution in [0.3, 0.4) is 0 Å². The van der Waals surface area contributed by atoms with Crippen LogP contribution < -0.4 is 10.9 Å². The number of aromatic nitrogens is 1. The Hall–Kier alpha value is -2.87. The zero-order valence-electron chi connectivity index (χ0n) is 17.3. The van der Waals surface area contributed by atoms with Gasteiger partial charge in [-0.15, -0.1) is 0 Å². The number of pyridine rings is 1. The standard InChI is InChI=1S/C19H19F6N3O4S/c1-3-28(4-2)33(31,32)15-5-6-17(30)27(10-15)11-16(29)26-14-8-12(18(20,21)22)7-13(9-14)19(23,24)25/h5-10H,3-4,11H2,1-2H3,(H,26,29). The van der Waals surface area contributed by atoms with Gasteiger partial charge in [-0.25, -0.2) is 8.42 Å². The maximum Gasteiger partial charge on any atom is 0.416 e. The number of carbonyl (C=O) groups is 1. The molecule has 0 spiro atoms. The highest BCUT2D eigenvalue weighted by molar-refractivity contribution is 7.89. The Bertz CT molecular complexity index is 1150. The molecule has 1 aromatic carbocycles. The number of anilines is 1. The molecule has 182 valence electrons. The second-order valence-electron chi connectivity index (χ2n) is 6.76. The summed E-state index contributed by atoms with van der Waals surface area (Å²) in [6, 6.07) is 2.46. The van der Waals surface area contributed by atoms with Crippen LogP contribution in [0.5, 0.6) is 0 Å². The minimum Gasteiger partial charge on any atom is -0.325 e. The maximum absolute atomic E-state index is 13.0. The summed E-state index contributed by atoms with van der Waals surface area (Å²) in [4.78, 5) is 24.0. The Labute approximate surface area is 184 Å². The number of nitrogens with zero attached hydrogens (tertiary/aromatic N) is 2. The number of hydrogen-bond acceptors (Lipinski definition) is 4. The van der Waals surface area contributed by atoms with Crippen LogP contribution in [-0.4, -0.2) is 36.3 Å². The Morgan fingerprint density at radius 3 is 1.94 bits per heavy atom. The third-order valence-electron chi connectivity index (χ3n) is 4.48. The fraction of sp³-hybridized carbons (Fsp3) is 0.368. The molecule has 0 aliphatic heterocycles. The third kappa shape index (κ3) is 6.35. The number of rotatable bonds is 7. The normalized spacial score (nSPS) is 12.8. The Morgan fingerprint density at radius 1 is 0.970 bits per heavy atom. The van der Waals surface area contributed by atoms with Gasteiger partial charge in [-0.3, -0.25) is 9.59 Å². The molecule has 2 aromatic rings. The van der Waals surface area contributed by atoms with Crippen molar-refractivity contribution in [2.45, 2.75) is 37.6 Å². The highest BCUT2D eigenvalue weighted by Gasteiger charge is 2.37. The summed E-state index contributed by atoms with van der Waals surface area (Å²) in [5.41, 5.74) is -4.85. The first-order chi connectivity index (χ1) is 15.1. The van der Waals surface area contributed by atoms with Gasteiger partial charge in [0.1, 0.15) is 6.54 Å². The lowest BCUT2D eigenvalue weighted by atomic mass is 10.1. The average molecular weight is 499 g/mol. The summed E-state index contributed by atoms with van der Waals surface area (Å²) in [5, 5.41) is 1.89. The highest BCUT2D eigenvalue weighted by Crippen LogP contribution is 2.37. The van der Waals surface area contributed by atoms with Crippen LogP contribution in [-0.2, 0) is 33.7 Å². The molecule has 0 aliphatic rings. The smallest absolute Gasteiger partial charge is 0.325 e. The molecule has 0 fully saturated rings. The van der Waals surface area contributed by atoms with Crippen molar-refractivity contribution in [2.75, 3.05) is 18.4 Å². The predicted octanol–water partition coefficient (Wildman–Crippen LogP) is 3.56. The molecule has 0 saturated carbocycles. The lowest BCUT2D eigenvalue weighted by Crippen LogP contribution is -2.33. The largest absolute Gasteiger partial charge is 0.416 e. The Balaban J connectivity index is 2.36. The van der Waals surface area contributed by atoms with Crippen LogP contribution in [0.4, 0.5) is 32.0 Å². The van der Waals surface area contributed by atoms with E-state index in [2.05, 4.69) is 0 Å². The molecule has 0 atom stereocenters. The first-order valence-corrected chi connectivity index (χ1v) is 10.8. The van der Waals surface area contributed by atoms with E-state index in [1.54, 1.807) is 13.8 Å². The van der Waals surface area contributed by atoms with E-state index in [0.29, 0.717) is 16.7 Å². The molecule has 7 nitrogen and oxygen atoms in total. The van der Waals surface area contributed by atoms with E-state index < -0.39 is 57.2 Å². The van der Waals surface area contributed by atoms with Gasteiger partial charge in [0.2, 0.25) is 15.9 Å². The van der Waals surface area contributed by atoms with E-state index in [9.17, 15) is 44.3 Å². The van der Waals surface area contributed by atoms with Gasteiger partial charge >= 0.3 is 12.4 Å². The molecule has 0 radical (unpaired) electrons. The van der Waals surface area contributed by atoms with Gasteiger partial charge in [-0.1, -0.05) is 13.8 Å². The number of alkyl halides is 6. The zero-order chi connectivity index (χ0) is 25.2. The molecule has 0 saturated heterocycles. The van der Waals surface area contributed by atoms with Gasteiger partial charge in [0, 0.05) is 31.0 Å². The Kier molecular flexibility index (Phi) is 7.63. The number of hydrogen-bond donors (Lipinski definition) is 1. The van der Waals surface area contributed by atoms with Crippen molar-refractivity contribution in [3.63, 3.8) is 0 Å². The zero-order valence-corrected chi connectivity index (χ0v) is 18.1. The van der Waals surface area contributed by atoms with Crippen molar-refractivity contribution in [2.24, 2.45) is 0 Å². The van der Waals surface area contributed by atoms with E-state index in [-0.39, 0.29) is 24.1 Å². The van der Waals surface area contributed by atoms with E-state index in [1.807, 2.05) is 5.32 Å². The number of sulfonamides is 1. The number of carbonyl (C=O) groups excluding carboxylic acids is 1. The van der Waals surface area contributed by atoms with Gasteiger partial charge in [0.15, 0.2) is 0 Å². The molecule has 33 heavy (non-hydrogen) atoms. The van der Waals surface area contributed by atoms with Crippen LogP contribution in [0.1, 0.15) is 25.0 Å². The van der Waals surface area contributed by atoms with Crippen molar-refractivity contribution >= 4 is 21.6 Å². The summed E-state index contributed by atoms with van der Waals surface area (Å²) in [6.45, 7) is 2.60. The number of benzene rings is 1. The first-order valence-electron chi connectivity index (χ1n) is 9.39. The van der Waals surface area contributed by atoms with Crippen LogP contribution in [0.15, 0.2) is 46.2 Å². The molecule has 1 aromatic heterocycles. The lowest BCUT2D eigenvalue weighted by molar-refractivity contribution is -0.143. The predicted molar refractivity (Wildman–Crippen MR) is 106 cm³/mol. The van der Waals surface area contributed by atoms with Crippen LogP contribution in [0, 0.1) is 0 Å². The van der Waals surface area contributed by atoms with Crippen molar-refractivity contribution in [3.8, 4) is 0 Å². The fourth-order valence-corrected chi connectivity index (χ4v) is 4.36. The molecular formula is C19H19F6N3O4S. The minimum absolute atomic E-state index is 0.0955. The quantitative estimate of drug-likeness (QED) is 0.591. The highest BCUT2D eigenvalue weighted by atomic mass is 32.2. The van der Waals surface area contributed by atoms with Crippen molar-refractivity contribution in [1.82, 2.24) is 8.87 Å². The van der Waals surface area contributed by atoms with Gasteiger partial charge in [0.25, 0.3) is 5.56 Å². The summed E-state index contributed by atoms with van der Waals surface area (Å²) in [5.74, 6) is -1.14. The first kappa shape index (κ1) is 26.4. The number of nitrogens with one attached hydrogen (secondary N) is 1. The van der Waals surface area contributed by atoms with Gasteiger partial charge < -0.3 is 9.88 Å². The van der Waals surface area contributed by atoms with E-state index >= 15 is 0 Å². The molecule has 1 heterocycles. The van der Waals surface area contributed by atoms with Crippen LogP contribution in [0.2, 0.25) is 0 Å². The third-order valence-corrected chi connectivity index (χ3v) is 6.52. The van der Waals surface area contributed by atoms with E-state index in [4.69, 9.17) is 0 Å². The maximum atomic E-state index is 13.0. The van der Waals surface area contributed by atoms with Crippen molar-refractivity contribution < 1.29 is 39.6 Å². The SMILES string of the molecule is CCN(CC)S(=O)(=O)c1ccc(=O)n(CC(=O)Nc2cc(C(F)(F)F)cc(C(F)(F)F)c2)c1. The van der Waals surface area contributed by atoms with E-state index in [0.717, 1.165) is 22.6 Å². The Morgan fingerprint density at radius 2 is 1.48 bits per heavy atom. The van der Waals surface area contributed by atoms with Gasteiger partial charge in [0.05, 0.1) is 16.0 Å². The molecule has 14 heteroatoms. The fourth-order valence-electron chi connectivity index (χ4n) is 2.88. The van der Waals surface area contributed by atoms with Crippen molar-refractivity contribution in [1.29, 1.82) is 0 Å². The second kappa shape index (κ2) is 9.55. The molecule has 1 amide bonds. The van der Waals surface area contributed by atoms with Crippen molar-refractivity contribution in [3.05, 3.63) is 58.0 Å². The topological polar surface area (TPSA) is 88.5 Å². The average Bonchev–Trinajstić information content (AvgIpc) is 2.68. The van der Waals surface area contributed by atoms with Crippen LogP contribution >= 0.6 is 0 Å². The number of halogens is 6. The summed E-state index contributed by atoms with van der Waals surface area (Å²) < 4.78 is 105. The summed E-state index contributed by atoms with van der Waals surface area (Å²) in [6.07, 6.45) is -9.33.